The molecule has 0 aliphatic carbocycles. The van der Waals surface area contributed by atoms with Crippen molar-refractivity contribution in [2.24, 2.45) is 0 Å². The average molecular weight is 496 g/mol. The Hall–Kier alpha value is -3.53. The molecule has 1 aliphatic heterocycles. The van der Waals surface area contributed by atoms with E-state index in [0.717, 1.165) is 43.5 Å². The summed E-state index contributed by atoms with van der Waals surface area (Å²) in [6.07, 6.45) is 6.85. The SMILES string of the molecule is Cc1cc(C#N)cc(C)c1C(=O)NCC[C@@H](C)N1CCC(NC(c2ccccc2)c2cccnc2)CC1. The van der Waals surface area contributed by atoms with Crippen LogP contribution in [-0.2, 0) is 0 Å². The third kappa shape index (κ3) is 6.82. The van der Waals surface area contributed by atoms with Gasteiger partial charge in [0.1, 0.15) is 0 Å². The minimum absolute atomic E-state index is 0.0584. The maximum atomic E-state index is 12.8. The molecule has 1 fully saturated rings. The highest BCUT2D eigenvalue weighted by molar-refractivity contribution is 5.97. The summed E-state index contributed by atoms with van der Waals surface area (Å²) in [5.41, 5.74) is 5.41. The van der Waals surface area contributed by atoms with Crippen LogP contribution in [0, 0.1) is 25.2 Å². The van der Waals surface area contributed by atoms with Crippen molar-refractivity contribution in [3.63, 3.8) is 0 Å². The highest BCUT2D eigenvalue weighted by Gasteiger charge is 2.26. The first-order chi connectivity index (χ1) is 18.0. The van der Waals surface area contributed by atoms with Gasteiger partial charge in [-0.2, -0.15) is 5.26 Å². The number of likely N-dealkylation sites (tertiary alicyclic amines) is 1. The zero-order chi connectivity index (χ0) is 26.2. The monoisotopic (exact) mass is 495 g/mol. The lowest BCUT2D eigenvalue weighted by Gasteiger charge is -2.38. The van der Waals surface area contributed by atoms with Crippen molar-refractivity contribution in [1.29, 1.82) is 5.26 Å². The van der Waals surface area contributed by atoms with Gasteiger partial charge in [0.05, 0.1) is 17.7 Å². The van der Waals surface area contributed by atoms with Crippen LogP contribution in [0.3, 0.4) is 0 Å². The number of carbonyl (C=O) groups excluding carboxylic acids is 1. The third-order valence-electron chi connectivity index (χ3n) is 7.44. The normalized spacial score (nSPS) is 16.1. The van der Waals surface area contributed by atoms with Gasteiger partial charge in [0.25, 0.3) is 5.91 Å². The van der Waals surface area contributed by atoms with Gasteiger partial charge in [0.15, 0.2) is 0 Å². The van der Waals surface area contributed by atoms with Crippen molar-refractivity contribution >= 4 is 5.91 Å². The first-order valence-corrected chi connectivity index (χ1v) is 13.2. The maximum absolute atomic E-state index is 12.8. The fourth-order valence-corrected chi connectivity index (χ4v) is 5.37. The standard InChI is InChI=1S/C31H37N5O/c1-22-18-25(20-32)19-23(2)29(22)31(37)34-15-11-24(3)36-16-12-28(13-17-36)35-30(26-8-5-4-6-9-26)27-10-7-14-33-21-27/h4-10,14,18-19,21,24,28,30,35H,11-13,15-17H2,1-3H3,(H,34,37)/t24-,30?/m1/s1. The van der Waals surface area contributed by atoms with E-state index in [9.17, 15) is 4.79 Å². The topological polar surface area (TPSA) is 81.0 Å². The van der Waals surface area contributed by atoms with Crippen LogP contribution < -0.4 is 10.6 Å². The summed E-state index contributed by atoms with van der Waals surface area (Å²) >= 11 is 0. The Morgan fingerprint density at radius 1 is 1.08 bits per heavy atom. The van der Waals surface area contributed by atoms with Gasteiger partial charge in [-0.15, -0.1) is 0 Å². The molecule has 1 aliphatic rings. The maximum Gasteiger partial charge on any atom is 0.251 e. The molecule has 4 rings (SSSR count). The average Bonchev–Trinajstić information content (AvgIpc) is 2.92. The molecular formula is C31H37N5O. The smallest absolute Gasteiger partial charge is 0.251 e. The largest absolute Gasteiger partial charge is 0.352 e. The summed E-state index contributed by atoms with van der Waals surface area (Å²) in [5, 5.41) is 16.1. The number of pyridine rings is 1. The van der Waals surface area contributed by atoms with Crippen molar-refractivity contribution < 1.29 is 4.79 Å². The summed E-state index contributed by atoms with van der Waals surface area (Å²) in [4.78, 5) is 19.7. The lowest BCUT2D eigenvalue weighted by molar-refractivity contribution is 0.0943. The lowest BCUT2D eigenvalue weighted by atomic mass is 9.96. The van der Waals surface area contributed by atoms with Crippen molar-refractivity contribution in [2.75, 3.05) is 19.6 Å². The van der Waals surface area contributed by atoms with Gasteiger partial charge in [-0.1, -0.05) is 36.4 Å². The van der Waals surface area contributed by atoms with E-state index in [2.05, 4.69) is 69.9 Å². The summed E-state index contributed by atoms with van der Waals surface area (Å²) in [6.45, 7) is 8.74. The van der Waals surface area contributed by atoms with Crippen LogP contribution in [0.25, 0.3) is 0 Å². The molecule has 3 aromatic rings. The van der Waals surface area contributed by atoms with E-state index in [0.29, 0.717) is 29.8 Å². The number of piperidine rings is 1. The van der Waals surface area contributed by atoms with Gasteiger partial charge >= 0.3 is 0 Å². The number of hydrogen-bond donors (Lipinski definition) is 2. The van der Waals surface area contributed by atoms with Crippen LogP contribution in [-0.4, -0.2) is 47.5 Å². The Morgan fingerprint density at radius 2 is 1.76 bits per heavy atom. The van der Waals surface area contributed by atoms with Crippen LogP contribution >= 0.6 is 0 Å². The second-order valence-corrected chi connectivity index (χ2v) is 10.1. The number of aromatic nitrogens is 1. The zero-order valence-electron chi connectivity index (χ0n) is 22.1. The molecule has 2 atom stereocenters. The van der Waals surface area contributed by atoms with Crippen molar-refractivity contribution in [3.8, 4) is 6.07 Å². The third-order valence-corrected chi connectivity index (χ3v) is 7.44. The number of carbonyl (C=O) groups is 1. The quantitative estimate of drug-likeness (QED) is 0.440. The molecule has 1 aromatic heterocycles. The molecule has 0 saturated carbocycles. The summed E-state index contributed by atoms with van der Waals surface area (Å²) in [6, 6.07) is 21.4. The van der Waals surface area contributed by atoms with Gasteiger partial charge in [0.2, 0.25) is 0 Å². The number of amides is 1. The van der Waals surface area contributed by atoms with Gasteiger partial charge in [-0.25, -0.2) is 0 Å². The van der Waals surface area contributed by atoms with E-state index >= 15 is 0 Å². The predicted molar refractivity (Wildman–Crippen MR) is 147 cm³/mol. The van der Waals surface area contributed by atoms with E-state index in [-0.39, 0.29) is 11.9 Å². The molecule has 0 spiro atoms. The fraction of sp³-hybridized carbons (Fsp3) is 0.387. The second-order valence-electron chi connectivity index (χ2n) is 10.1. The molecule has 0 bridgehead atoms. The molecule has 1 saturated heterocycles. The molecule has 6 heteroatoms. The number of benzene rings is 2. The Kier molecular flexibility index (Phi) is 9.05. The molecule has 2 aromatic carbocycles. The van der Waals surface area contributed by atoms with E-state index in [1.165, 1.54) is 11.1 Å². The van der Waals surface area contributed by atoms with E-state index in [1.807, 2.05) is 32.3 Å². The van der Waals surface area contributed by atoms with E-state index in [4.69, 9.17) is 5.26 Å². The summed E-state index contributed by atoms with van der Waals surface area (Å²) < 4.78 is 0. The second kappa shape index (κ2) is 12.6. The number of hydrogen-bond acceptors (Lipinski definition) is 5. The molecule has 0 radical (unpaired) electrons. The Labute approximate surface area is 220 Å². The summed E-state index contributed by atoms with van der Waals surface area (Å²) in [5.74, 6) is -0.0584. The number of nitrogens with zero attached hydrogens (tertiary/aromatic N) is 3. The van der Waals surface area contributed by atoms with Crippen molar-refractivity contribution in [3.05, 3.63) is 100 Å². The Bertz CT molecular complexity index is 1150. The molecule has 1 amide bonds. The number of nitrogens with one attached hydrogen (secondary N) is 2. The lowest BCUT2D eigenvalue weighted by Crippen LogP contribution is -2.47. The molecule has 37 heavy (non-hydrogen) atoms. The first-order valence-electron chi connectivity index (χ1n) is 13.2. The minimum atomic E-state index is -0.0584. The highest BCUT2D eigenvalue weighted by Crippen LogP contribution is 2.25. The Morgan fingerprint density at radius 3 is 2.38 bits per heavy atom. The number of nitriles is 1. The molecule has 1 unspecified atom stereocenters. The van der Waals surface area contributed by atoms with Crippen LogP contribution in [0.5, 0.6) is 0 Å². The summed E-state index contributed by atoms with van der Waals surface area (Å²) in [7, 11) is 0. The van der Waals surface area contributed by atoms with Gasteiger partial charge in [-0.05, 0) is 93.6 Å². The van der Waals surface area contributed by atoms with Crippen molar-refractivity contribution in [1.82, 2.24) is 20.5 Å². The van der Waals surface area contributed by atoms with Crippen molar-refractivity contribution in [2.45, 2.75) is 58.2 Å². The molecule has 192 valence electrons. The van der Waals surface area contributed by atoms with Crippen LogP contribution in [0.2, 0.25) is 0 Å². The number of aryl methyl sites for hydroxylation is 2. The Balaban J connectivity index is 1.27. The molecule has 2 N–H and O–H groups in total. The van der Waals surface area contributed by atoms with E-state index < -0.39 is 0 Å². The van der Waals surface area contributed by atoms with Crippen LogP contribution in [0.15, 0.2) is 67.0 Å². The fourth-order valence-electron chi connectivity index (χ4n) is 5.37. The van der Waals surface area contributed by atoms with E-state index in [1.54, 1.807) is 12.1 Å². The van der Waals surface area contributed by atoms with Gasteiger partial charge < -0.3 is 15.5 Å². The highest BCUT2D eigenvalue weighted by atomic mass is 16.1. The predicted octanol–water partition coefficient (Wildman–Crippen LogP) is 4.92. The zero-order valence-corrected chi connectivity index (χ0v) is 22.1. The first kappa shape index (κ1) is 26.5. The number of rotatable bonds is 9. The minimum Gasteiger partial charge on any atom is -0.352 e. The van der Waals surface area contributed by atoms with Crippen LogP contribution in [0.1, 0.15) is 70.4 Å². The van der Waals surface area contributed by atoms with Crippen LogP contribution in [0.4, 0.5) is 0 Å². The molecular weight excluding hydrogens is 458 g/mol. The van der Waals surface area contributed by atoms with Gasteiger partial charge in [0, 0.05) is 36.6 Å². The van der Waals surface area contributed by atoms with Gasteiger partial charge in [-0.3, -0.25) is 9.78 Å². The molecule has 2 heterocycles. The molecule has 6 nitrogen and oxygen atoms in total.